The van der Waals surface area contributed by atoms with Gasteiger partial charge in [-0.3, -0.25) is 9.59 Å². The van der Waals surface area contributed by atoms with E-state index in [2.05, 4.69) is 5.32 Å². The van der Waals surface area contributed by atoms with Gasteiger partial charge in [-0.25, -0.2) is 0 Å². The maximum atomic E-state index is 12.4. The minimum Gasteiger partial charge on any atom is -0.495 e. The Kier molecular flexibility index (Phi) is 4.76. The molecular formula is C18H18N2O3S. The maximum Gasteiger partial charge on any atom is 0.244 e. The van der Waals surface area contributed by atoms with E-state index in [-0.39, 0.29) is 18.4 Å². The second-order valence-corrected chi connectivity index (χ2v) is 6.51. The van der Waals surface area contributed by atoms with Crippen molar-refractivity contribution in [1.29, 1.82) is 0 Å². The summed E-state index contributed by atoms with van der Waals surface area (Å²) in [6.45, 7) is 1.92. The van der Waals surface area contributed by atoms with E-state index in [0.717, 1.165) is 16.1 Å². The Labute approximate surface area is 145 Å². The van der Waals surface area contributed by atoms with Crippen molar-refractivity contribution in [2.45, 2.75) is 11.8 Å². The zero-order valence-electron chi connectivity index (χ0n) is 13.5. The molecule has 124 valence electrons. The molecule has 1 aliphatic heterocycles. The lowest BCUT2D eigenvalue weighted by Gasteiger charge is -2.28. The number of nitrogens with zero attached hydrogens (tertiary/aromatic N) is 1. The van der Waals surface area contributed by atoms with Crippen LogP contribution < -0.4 is 15.0 Å². The van der Waals surface area contributed by atoms with Gasteiger partial charge in [0, 0.05) is 4.90 Å². The Bertz CT molecular complexity index is 792. The number of carbonyl (C=O) groups is 2. The minimum absolute atomic E-state index is 0.0203. The van der Waals surface area contributed by atoms with E-state index in [1.165, 1.54) is 16.7 Å². The van der Waals surface area contributed by atoms with Crippen molar-refractivity contribution >= 4 is 35.0 Å². The van der Waals surface area contributed by atoms with Crippen molar-refractivity contribution in [3.8, 4) is 5.75 Å². The Hall–Kier alpha value is -2.47. The lowest BCUT2D eigenvalue weighted by Crippen LogP contribution is -2.41. The summed E-state index contributed by atoms with van der Waals surface area (Å²) in [4.78, 5) is 27.2. The van der Waals surface area contributed by atoms with Gasteiger partial charge in [0.05, 0.1) is 24.2 Å². The third-order valence-corrected chi connectivity index (χ3v) is 4.79. The van der Waals surface area contributed by atoms with Crippen molar-refractivity contribution in [1.82, 2.24) is 0 Å². The average molecular weight is 342 g/mol. The van der Waals surface area contributed by atoms with E-state index >= 15 is 0 Å². The van der Waals surface area contributed by atoms with Crippen molar-refractivity contribution < 1.29 is 14.3 Å². The van der Waals surface area contributed by atoms with Crippen LogP contribution in [0.1, 0.15) is 5.56 Å². The van der Waals surface area contributed by atoms with E-state index in [1.807, 2.05) is 49.4 Å². The van der Waals surface area contributed by atoms with Crippen LogP contribution in [0.4, 0.5) is 11.4 Å². The Morgan fingerprint density at radius 1 is 1.29 bits per heavy atom. The highest BCUT2D eigenvalue weighted by atomic mass is 32.2. The van der Waals surface area contributed by atoms with Gasteiger partial charge in [-0.05, 0) is 36.8 Å². The highest BCUT2D eigenvalue weighted by Crippen LogP contribution is 2.34. The third kappa shape index (κ3) is 3.38. The molecule has 3 rings (SSSR count). The second-order valence-electron chi connectivity index (χ2n) is 5.49. The highest BCUT2D eigenvalue weighted by molar-refractivity contribution is 8.00. The van der Waals surface area contributed by atoms with Gasteiger partial charge in [0.2, 0.25) is 11.8 Å². The molecule has 1 heterocycles. The van der Waals surface area contributed by atoms with Crippen LogP contribution in [0, 0.1) is 6.92 Å². The fourth-order valence-corrected chi connectivity index (χ4v) is 3.52. The first-order chi connectivity index (χ1) is 11.6. The number of ether oxygens (including phenoxy) is 1. The summed E-state index contributed by atoms with van der Waals surface area (Å²) in [6.07, 6.45) is 0. The molecule has 24 heavy (non-hydrogen) atoms. The molecular weight excluding hydrogens is 324 g/mol. The number of nitrogens with one attached hydrogen (secondary N) is 1. The van der Waals surface area contributed by atoms with Gasteiger partial charge in [-0.1, -0.05) is 18.2 Å². The Balaban J connectivity index is 1.78. The Morgan fingerprint density at radius 2 is 2.08 bits per heavy atom. The fraction of sp³-hybridized carbons (Fsp3) is 0.222. The molecule has 1 aliphatic rings. The monoisotopic (exact) mass is 342 g/mol. The molecule has 0 spiro atoms. The molecule has 2 aromatic rings. The number of rotatable bonds is 4. The predicted octanol–water partition coefficient (Wildman–Crippen LogP) is 3.08. The normalized spacial score (nSPS) is 13.4. The molecule has 2 amide bonds. The first-order valence-corrected chi connectivity index (χ1v) is 8.53. The largest absolute Gasteiger partial charge is 0.495 e. The number of fused-ring (bicyclic) bond motifs is 1. The van der Waals surface area contributed by atoms with E-state index < -0.39 is 0 Å². The second kappa shape index (κ2) is 6.97. The van der Waals surface area contributed by atoms with Crippen LogP contribution >= 0.6 is 11.8 Å². The SMILES string of the molecule is COc1ccc(C)cc1NC(=O)CN1C(=O)CSc2ccccc21. The zero-order chi connectivity index (χ0) is 17.1. The number of hydrogen-bond donors (Lipinski definition) is 1. The van der Waals surface area contributed by atoms with Gasteiger partial charge in [0.15, 0.2) is 0 Å². The van der Waals surface area contributed by atoms with Crippen LogP contribution in [-0.2, 0) is 9.59 Å². The van der Waals surface area contributed by atoms with Crippen LogP contribution in [0.5, 0.6) is 5.75 Å². The van der Waals surface area contributed by atoms with Crippen molar-refractivity contribution in [3.63, 3.8) is 0 Å². The van der Waals surface area contributed by atoms with Gasteiger partial charge < -0.3 is 15.0 Å². The van der Waals surface area contributed by atoms with Crippen molar-refractivity contribution in [3.05, 3.63) is 48.0 Å². The smallest absolute Gasteiger partial charge is 0.244 e. The average Bonchev–Trinajstić information content (AvgIpc) is 2.58. The van der Waals surface area contributed by atoms with Crippen LogP contribution in [0.3, 0.4) is 0 Å². The van der Waals surface area contributed by atoms with E-state index in [1.54, 1.807) is 7.11 Å². The molecule has 0 saturated carbocycles. The zero-order valence-corrected chi connectivity index (χ0v) is 14.4. The molecule has 0 atom stereocenters. The van der Waals surface area contributed by atoms with Gasteiger partial charge in [0.25, 0.3) is 0 Å². The van der Waals surface area contributed by atoms with Crippen LogP contribution in [0.25, 0.3) is 0 Å². The summed E-state index contributed by atoms with van der Waals surface area (Å²) >= 11 is 1.50. The number of para-hydroxylation sites is 1. The summed E-state index contributed by atoms with van der Waals surface area (Å²) in [6, 6.07) is 13.2. The third-order valence-electron chi connectivity index (χ3n) is 3.74. The predicted molar refractivity (Wildman–Crippen MR) is 95.9 cm³/mol. The van der Waals surface area contributed by atoms with Crippen LogP contribution in [-0.4, -0.2) is 31.2 Å². The van der Waals surface area contributed by atoms with Gasteiger partial charge in [-0.2, -0.15) is 0 Å². The minimum atomic E-state index is -0.256. The number of methoxy groups -OCH3 is 1. The summed E-state index contributed by atoms with van der Waals surface area (Å²) in [5.74, 6) is 0.617. The highest BCUT2D eigenvalue weighted by Gasteiger charge is 2.26. The first-order valence-electron chi connectivity index (χ1n) is 7.55. The van der Waals surface area contributed by atoms with Crippen LogP contribution in [0.2, 0.25) is 0 Å². The molecule has 2 aromatic carbocycles. The molecule has 0 aliphatic carbocycles. The number of thioether (sulfide) groups is 1. The number of carbonyl (C=O) groups excluding carboxylic acids is 2. The van der Waals surface area contributed by atoms with Crippen molar-refractivity contribution in [2.24, 2.45) is 0 Å². The number of aryl methyl sites for hydroxylation is 1. The summed E-state index contributed by atoms with van der Waals surface area (Å²) < 4.78 is 5.27. The lowest BCUT2D eigenvalue weighted by molar-refractivity contribution is -0.120. The van der Waals surface area contributed by atoms with E-state index in [0.29, 0.717) is 17.2 Å². The molecule has 0 radical (unpaired) electrons. The first kappa shape index (κ1) is 16.4. The molecule has 5 nitrogen and oxygen atoms in total. The fourth-order valence-electron chi connectivity index (χ4n) is 2.58. The molecule has 1 N–H and O–H groups in total. The van der Waals surface area contributed by atoms with Gasteiger partial charge >= 0.3 is 0 Å². The van der Waals surface area contributed by atoms with Gasteiger partial charge in [0.1, 0.15) is 12.3 Å². The maximum absolute atomic E-state index is 12.4. The number of hydrogen-bond acceptors (Lipinski definition) is 4. The molecule has 0 bridgehead atoms. The molecule has 0 unspecified atom stereocenters. The van der Waals surface area contributed by atoms with Gasteiger partial charge in [-0.15, -0.1) is 11.8 Å². The quantitative estimate of drug-likeness (QED) is 0.928. The molecule has 6 heteroatoms. The Morgan fingerprint density at radius 3 is 2.88 bits per heavy atom. The number of amides is 2. The molecule has 0 aromatic heterocycles. The lowest BCUT2D eigenvalue weighted by atomic mass is 10.2. The number of benzene rings is 2. The van der Waals surface area contributed by atoms with E-state index in [4.69, 9.17) is 4.74 Å². The van der Waals surface area contributed by atoms with Crippen LogP contribution in [0.15, 0.2) is 47.4 Å². The summed E-state index contributed by atoms with van der Waals surface area (Å²) in [5.41, 5.74) is 2.40. The topological polar surface area (TPSA) is 58.6 Å². The number of anilines is 2. The standard InChI is InChI=1S/C18H18N2O3S/c1-12-7-8-15(23-2)13(9-12)19-17(21)10-20-14-5-3-4-6-16(14)24-11-18(20)22/h3-9H,10-11H2,1-2H3,(H,19,21). The summed E-state index contributed by atoms with van der Waals surface area (Å²) in [7, 11) is 1.56. The summed E-state index contributed by atoms with van der Waals surface area (Å²) in [5, 5.41) is 2.84. The molecule has 0 fully saturated rings. The van der Waals surface area contributed by atoms with E-state index in [9.17, 15) is 9.59 Å². The van der Waals surface area contributed by atoms with Crippen molar-refractivity contribution in [2.75, 3.05) is 29.6 Å². The molecule has 0 saturated heterocycles.